The smallest absolute Gasteiger partial charge is 0.508 e. The Morgan fingerprint density at radius 2 is 1.73 bits per heavy atom. The van der Waals surface area contributed by atoms with Crippen molar-refractivity contribution in [3.8, 4) is 0 Å². The van der Waals surface area contributed by atoms with Crippen LogP contribution in [0.1, 0.15) is 49.0 Å². The molecule has 0 aliphatic carbocycles. The summed E-state index contributed by atoms with van der Waals surface area (Å²) in [5.41, 5.74) is -1.61. The lowest BCUT2D eigenvalue weighted by Gasteiger charge is -2.38. The van der Waals surface area contributed by atoms with Crippen LogP contribution in [0.5, 0.6) is 0 Å². The monoisotopic (exact) mass is 606 g/mol. The number of hydrogen-bond donors (Lipinski definition) is 4. The third-order valence-electron chi connectivity index (χ3n) is 6.30. The van der Waals surface area contributed by atoms with E-state index in [-0.39, 0.29) is 34.4 Å². The van der Waals surface area contributed by atoms with Gasteiger partial charge >= 0.3 is 19.1 Å². The number of benzene rings is 2. The molecule has 1 heterocycles. The summed E-state index contributed by atoms with van der Waals surface area (Å²) in [6, 6.07) is 12.0. The van der Waals surface area contributed by atoms with Crippen molar-refractivity contribution in [3.05, 3.63) is 69.7 Å². The van der Waals surface area contributed by atoms with Crippen molar-refractivity contribution in [2.45, 2.75) is 57.1 Å². The van der Waals surface area contributed by atoms with Gasteiger partial charge in [-0.2, -0.15) is 0 Å². The van der Waals surface area contributed by atoms with Crippen molar-refractivity contribution in [1.82, 2.24) is 10.6 Å². The van der Waals surface area contributed by atoms with Gasteiger partial charge in [0.05, 0.1) is 29.4 Å². The van der Waals surface area contributed by atoms with Crippen LogP contribution in [-0.4, -0.2) is 64.6 Å². The van der Waals surface area contributed by atoms with Gasteiger partial charge in [0.15, 0.2) is 5.60 Å². The first kappa shape index (κ1) is 31.9. The number of amides is 2. The largest absolute Gasteiger partial charge is 0.552 e. The zero-order chi connectivity index (χ0) is 30.3. The average Bonchev–Trinajstić information content (AvgIpc) is 2.88. The van der Waals surface area contributed by atoms with E-state index in [2.05, 4.69) is 10.6 Å². The van der Waals surface area contributed by atoms with Crippen LogP contribution in [0.3, 0.4) is 0 Å². The second-order valence-electron chi connectivity index (χ2n) is 10.1. The van der Waals surface area contributed by atoms with Crippen LogP contribution >= 0.6 is 23.2 Å². The Labute approximate surface area is 246 Å². The maximum absolute atomic E-state index is 13.7. The topological polar surface area (TPSA) is 168 Å². The van der Waals surface area contributed by atoms with Crippen molar-refractivity contribution in [2.24, 2.45) is 5.92 Å². The summed E-state index contributed by atoms with van der Waals surface area (Å²) < 4.78 is 10.9. The quantitative estimate of drug-likeness (QED) is 0.265. The fourth-order valence-corrected chi connectivity index (χ4v) is 4.78. The highest BCUT2D eigenvalue weighted by Crippen LogP contribution is 2.30. The van der Waals surface area contributed by atoms with Crippen LogP contribution in [0, 0.1) is 5.92 Å². The van der Waals surface area contributed by atoms with E-state index in [1.165, 1.54) is 18.2 Å². The molecule has 3 rings (SSSR count). The first-order chi connectivity index (χ1) is 19.3. The normalized spacial score (nSPS) is 18.3. The van der Waals surface area contributed by atoms with Gasteiger partial charge in [-0.25, -0.2) is 4.79 Å². The van der Waals surface area contributed by atoms with Gasteiger partial charge in [0.2, 0.25) is 5.91 Å². The Kier molecular flexibility index (Phi) is 10.8. The number of rotatable bonds is 12. The molecule has 0 bridgehead atoms. The van der Waals surface area contributed by atoms with Gasteiger partial charge < -0.3 is 30.2 Å². The number of carboxylic acids is 2. The van der Waals surface area contributed by atoms with Crippen LogP contribution in [0.15, 0.2) is 48.5 Å². The third-order valence-corrected chi connectivity index (χ3v) is 6.87. The summed E-state index contributed by atoms with van der Waals surface area (Å²) in [4.78, 5) is 62.7. The zero-order valence-electron chi connectivity index (χ0n) is 22.3. The summed E-state index contributed by atoms with van der Waals surface area (Å²) >= 11 is 12.2. The third kappa shape index (κ3) is 8.69. The summed E-state index contributed by atoms with van der Waals surface area (Å²) in [6.07, 6.45) is -1.59. The van der Waals surface area contributed by atoms with Gasteiger partial charge in [-0.05, 0) is 36.1 Å². The Morgan fingerprint density at radius 1 is 1.05 bits per heavy atom. The van der Waals surface area contributed by atoms with E-state index >= 15 is 0 Å². The fourth-order valence-electron chi connectivity index (χ4n) is 4.40. The molecule has 1 aliphatic heterocycles. The second-order valence-corrected chi connectivity index (χ2v) is 11.0. The van der Waals surface area contributed by atoms with E-state index in [4.69, 9.17) is 32.5 Å². The Bertz CT molecular complexity index is 1310. The van der Waals surface area contributed by atoms with E-state index in [1.54, 1.807) is 30.3 Å². The minimum absolute atomic E-state index is 0.0493. The van der Waals surface area contributed by atoms with Crippen LogP contribution < -0.4 is 10.6 Å². The van der Waals surface area contributed by atoms with E-state index in [0.29, 0.717) is 0 Å². The minimum atomic E-state index is -2.38. The molecule has 1 saturated heterocycles. The first-order valence-electron chi connectivity index (χ1n) is 12.7. The molecule has 2 unspecified atom stereocenters. The number of halogens is 2. The van der Waals surface area contributed by atoms with Gasteiger partial charge in [0.25, 0.3) is 11.9 Å². The molecule has 41 heavy (non-hydrogen) atoms. The molecule has 4 N–H and O–H groups in total. The maximum Gasteiger partial charge on any atom is 0.552 e. The van der Waals surface area contributed by atoms with Gasteiger partial charge in [-0.15, -0.1) is 0 Å². The average molecular weight is 607 g/mol. The van der Waals surface area contributed by atoms with Crippen molar-refractivity contribution in [1.29, 1.82) is 0 Å². The molecule has 0 radical (unpaired) electrons. The van der Waals surface area contributed by atoms with Gasteiger partial charge in [-0.1, -0.05) is 67.4 Å². The zero-order valence-corrected chi connectivity index (χ0v) is 23.8. The molecule has 2 aromatic rings. The van der Waals surface area contributed by atoms with Crippen LogP contribution in [0.25, 0.3) is 0 Å². The Balaban J connectivity index is 1.91. The summed E-state index contributed by atoms with van der Waals surface area (Å²) in [6.45, 7) is 3.63. The lowest BCUT2D eigenvalue weighted by Crippen LogP contribution is -2.62. The Morgan fingerprint density at radius 3 is 2.34 bits per heavy atom. The number of aliphatic carboxylic acids is 2. The maximum atomic E-state index is 13.7. The molecular weight excluding hydrogens is 578 g/mol. The highest BCUT2D eigenvalue weighted by atomic mass is 35.5. The molecule has 3 atom stereocenters. The molecule has 2 amide bonds. The predicted molar refractivity (Wildman–Crippen MR) is 149 cm³/mol. The molecule has 0 aromatic heterocycles. The summed E-state index contributed by atoms with van der Waals surface area (Å²) in [5, 5.41) is 24.8. The van der Waals surface area contributed by atoms with Crippen LogP contribution in [-0.2, 0) is 34.9 Å². The van der Waals surface area contributed by atoms with E-state index < -0.39 is 67.3 Å². The van der Waals surface area contributed by atoms with Crippen molar-refractivity contribution in [3.63, 3.8) is 0 Å². The first-order valence-corrected chi connectivity index (χ1v) is 13.5. The molecule has 0 spiro atoms. The number of carbonyl (C=O) groups is 5. The molecule has 11 nitrogen and oxygen atoms in total. The SMILES string of the molecule is CC(C)C[C@H](NC(=O)C(Cc1ccccc1)NC(=O)c1cc(Cl)ccc1Cl)B1OC(=O)CC(CC(=O)O)(C(=O)O)O1. The van der Waals surface area contributed by atoms with Gasteiger partial charge in [-0.3, -0.25) is 19.2 Å². The predicted octanol–water partition coefficient (Wildman–Crippen LogP) is 3.15. The summed E-state index contributed by atoms with van der Waals surface area (Å²) in [7, 11) is -1.60. The number of carboxylic acid groups (broad SMARTS) is 2. The highest BCUT2D eigenvalue weighted by molar-refractivity contribution is 6.50. The van der Waals surface area contributed by atoms with E-state index in [9.17, 15) is 34.2 Å². The van der Waals surface area contributed by atoms with E-state index in [0.717, 1.165) is 5.56 Å². The van der Waals surface area contributed by atoms with E-state index in [1.807, 2.05) is 13.8 Å². The number of hydrogen-bond acceptors (Lipinski definition) is 7. The lowest BCUT2D eigenvalue weighted by atomic mass is 9.70. The lowest BCUT2D eigenvalue weighted by molar-refractivity contribution is -0.175. The van der Waals surface area contributed by atoms with Crippen molar-refractivity contribution < 1.29 is 43.5 Å². The molecule has 1 fully saturated rings. The molecular formula is C27H29BCl2N2O9. The number of carbonyl (C=O) groups excluding carboxylic acids is 3. The van der Waals surface area contributed by atoms with Crippen LogP contribution in [0.2, 0.25) is 10.0 Å². The van der Waals surface area contributed by atoms with Gasteiger partial charge in [0.1, 0.15) is 6.04 Å². The fraction of sp³-hybridized carbons (Fsp3) is 0.370. The van der Waals surface area contributed by atoms with Crippen LogP contribution in [0.4, 0.5) is 0 Å². The van der Waals surface area contributed by atoms with Crippen molar-refractivity contribution in [2.75, 3.05) is 0 Å². The Hall–Kier alpha value is -3.61. The standard InChI is InChI=1S/C27H29BCl2N2O9/c1-15(2)10-21(28-40-23(35)14-27(41-28,26(38)39)13-22(33)34)32-25(37)20(11-16-6-4-3-5-7-16)31-24(36)18-12-17(29)8-9-19(18)30/h3-9,12,15,20-21H,10-11,13-14H2,1-2H3,(H,31,36)(H,32,37)(H,33,34)(H,38,39)/t20?,21-,27?/m0/s1. The molecule has 218 valence electrons. The van der Waals surface area contributed by atoms with Crippen molar-refractivity contribution >= 4 is 60.0 Å². The minimum Gasteiger partial charge on any atom is -0.508 e. The van der Waals surface area contributed by atoms with Gasteiger partial charge in [0, 0.05) is 11.4 Å². The number of nitrogens with one attached hydrogen (secondary N) is 2. The molecule has 2 aromatic carbocycles. The molecule has 14 heteroatoms. The molecule has 0 saturated carbocycles. The second kappa shape index (κ2) is 13.8. The highest BCUT2D eigenvalue weighted by Gasteiger charge is 2.55. The summed E-state index contributed by atoms with van der Waals surface area (Å²) in [5.74, 6) is -6.66. The molecule has 1 aliphatic rings.